The van der Waals surface area contributed by atoms with Gasteiger partial charge in [-0.05, 0) is 25.1 Å². The minimum Gasteiger partial charge on any atom is -0.352 e. The van der Waals surface area contributed by atoms with Gasteiger partial charge in [-0.2, -0.15) is 18.3 Å². The van der Waals surface area contributed by atoms with Crippen LogP contribution < -0.4 is 11.1 Å². The van der Waals surface area contributed by atoms with Gasteiger partial charge in [0.2, 0.25) is 0 Å². The first kappa shape index (κ1) is 19.9. The molecule has 0 saturated carbocycles. The third-order valence-electron chi connectivity index (χ3n) is 3.03. The lowest BCUT2D eigenvalue weighted by molar-refractivity contribution is -0.143. The van der Waals surface area contributed by atoms with Crippen LogP contribution in [0.15, 0.2) is 30.5 Å². The van der Waals surface area contributed by atoms with E-state index in [1.807, 2.05) is 0 Å². The molecule has 0 radical (unpaired) electrons. The Morgan fingerprint density at radius 3 is 2.54 bits per heavy atom. The van der Waals surface area contributed by atoms with E-state index in [0.717, 1.165) is 18.3 Å². The largest absolute Gasteiger partial charge is 0.434 e. The maximum atomic E-state index is 13.8. The van der Waals surface area contributed by atoms with Crippen molar-refractivity contribution in [1.29, 1.82) is 0 Å². The minimum atomic E-state index is -4.88. The van der Waals surface area contributed by atoms with E-state index in [-0.39, 0.29) is 24.6 Å². The van der Waals surface area contributed by atoms with E-state index in [9.17, 15) is 22.4 Å². The summed E-state index contributed by atoms with van der Waals surface area (Å²) in [5, 5.41) is 5.86. The van der Waals surface area contributed by atoms with E-state index in [4.69, 9.17) is 5.73 Å². The second kappa shape index (κ2) is 8.11. The molecule has 0 aliphatic carbocycles. The zero-order chi connectivity index (χ0) is 17.0. The van der Waals surface area contributed by atoms with Gasteiger partial charge in [-0.3, -0.25) is 4.79 Å². The molecule has 5 nitrogen and oxygen atoms in total. The molecule has 0 aliphatic heterocycles. The Bertz CT molecular complexity index is 702. The number of nitrogens with one attached hydrogen (secondary N) is 1. The van der Waals surface area contributed by atoms with Crippen LogP contribution in [0, 0.1) is 5.82 Å². The monoisotopic (exact) mass is 366 g/mol. The summed E-state index contributed by atoms with van der Waals surface area (Å²) in [6.07, 6.45) is -3.68. The van der Waals surface area contributed by atoms with Crippen LogP contribution >= 0.6 is 12.4 Å². The molecule has 0 spiro atoms. The summed E-state index contributed by atoms with van der Waals surface area (Å²) in [7, 11) is 0. The fraction of sp³-hybridized carbons (Fsp3) is 0.286. The Kier molecular flexibility index (Phi) is 6.73. The average molecular weight is 367 g/mol. The molecule has 0 saturated heterocycles. The SMILES string of the molecule is Cl.NCCCNC(=O)c1cnn(-c2ccccc2F)c1C(F)(F)F. The number of nitrogens with two attached hydrogens (primary N) is 1. The number of rotatable bonds is 5. The number of hydrogen-bond acceptors (Lipinski definition) is 3. The van der Waals surface area contributed by atoms with E-state index in [0.29, 0.717) is 17.6 Å². The number of carbonyl (C=O) groups excluding carboxylic acids is 1. The molecule has 0 aliphatic rings. The smallest absolute Gasteiger partial charge is 0.352 e. The summed E-state index contributed by atoms with van der Waals surface area (Å²) < 4.78 is 54.1. The van der Waals surface area contributed by atoms with E-state index in [1.54, 1.807) is 0 Å². The van der Waals surface area contributed by atoms with Gasteiger partial charge in [0.15, 0.2) is 5.69 Å². The van der Waals surface area contributed by atoms with Crippen molar-refractivity contribution in [3.05, 3.63) is 47.5 Å². The van der Waals surface area contributed by atoms with Crippen molar-refractivity contribution in [2.45, 2.75) is 12.6 Å². The van der Waals surface area contributed by atoms with Crippen LogP contribution in [0.3, 0.4) is 0 Å². The van der Waals surface area contributed by atoms with Crippen LogP contribution in [0.4, 0.5) is 17.6 Å². The highest BCUT2D eigenvalue weighted by Gasteiger charge is 2.40. The van der Waals surface area contributed by atoms with Gasteiger partial charge >= 0.3 is 6.18 Å². The normalized spacial score (nSPS) is 11.0. The Morgan fingerprint density at radius 1 is 1.29 bits per heavy atom. The van der Waals surface area contributed by atoms with Gasteiger partial charge in [-0.1, -0.05) is 12.1 Å². The molecule has 0 bridgehead atoms. The Hall–Kier alpha value is -2.13. The van der Waals surface area contributed by atoms with Crippen molar-refractivity contribution in [2.24, 2.45) is 5.73 Å². The number of alkyl halides is 3. The highest BCUT2D eigenvalue weighted by atomic mass is 35.5. The van der Waals surface area contributed by atoms with Crippen LogP contribution in [0.1, 0.15) is 22.5 Å². The van der Waals surface area contributed by atoms with Crippen molar-refractivity contribution in [3.8, 4) is 5.69 Å². The lowest BCUT2D eigenvalue weighted by Crippen LogP contribution is -2.28. The molecular weight excluding hydrogens is 352 g/mol. The molecule has 2 aromatic rings. The number of carbonyl (C=O) groups is 1. The van der Waals surface area contributed by atoms with Crippen LogP contribution in [0.25, 0.3) is 5.69 Å². The molecule has 0 unspecified atom stereocenters. The molecule has 2 rings (SSSR count). The average Bonchev–Trinajstić information content (AvgIpc) is 2.93. The Morgan fingerprint density at radius 2 is 1.96 bits per heavy atom. The first-order valence-corrected chi connectivity index (χ1v) is 6.74. The van der Waals surface area contributed by atoms with Crippen molar-refractivity contribution >= 4 is 18.3 Å². The fourth-order valence-corrected chi connectivity index (χ4v) is 1.99. The third-order valence-corrected chi connectivity index (χ3v) is 3.03. The fourth-order valence-electron chi connectivity index (χ4n) is 1.99. The molecule has 0 atom stereocenters. The zero-order valence-electron chi connectivity index (χ0n) is 12.3. The highest BCUT2D eigenvalue weighted by Crippen LogP contribution is 2.34. The standard InChI is InChI=1S/C14H14F4N4O.ClH/c15-10-4-1-2-5-11(10)22-12(14(16,17)18)9(8-21-22)13(23)20-7-3-6-19;/h1-2,4-5,8H,3,6-7,19H2,(H,20,23);1H. The molecule has 10 heteroatoms. The second-order valence-corrected chi connectivity index (χ2v) is 4.67. The maximum absolute atomic E-state index is 13.8. The zero-order valence-corrected chi connectivity index (χ0v) is 13.1. The van der Waals surface area contributed by atoms with Crippen molar-refractivity contribution in [3.63, 3.8) is 0 Å². The van der Waals surface area contributed by atoms with E-state index in [2.05, 4.69) is 10.4 Å². The number of para-hydroxylation sites is 1. The lowest BCUT2D eigenvalue weighted by atomic mass is 10.2. The third kappa shape index (κ3) is 4.24. The molecular formula is C14H15ClF4N4O. The van der Waals surface area contributed by atoms with Gasteiger partial charge < -0.3 is 11.1 Å². The highest BCUT2D eigenvalue weighted by molar-refractivity contribution is 5.95. The van der Waals surface area contributed by atoms with Gasteiger partial charge in [0, 0.05) is 6.54 Å². The number of benzene rings is 1. The second-order valence-electron chi connectivity index (χ2n) is 4.67. The topological polar surface area (TPSA) is 72.9 Å². The molecule has 1 heterocycles. The molecule has 3 N–H and O–H groups in total. The predicted molar refractivity (Wildman–Crippen MR) is 81.8 cm³/mol. The molecule has 132 valence electrons. The summed E-state index contributed by atoms with van der Waals surface area (Å²) in [6.45, 7) is 0.429. The summed E-state index contributed by atoms with van der Waals surface area (Å²) in [4.78, 5) is 11.9. The molecule has 1 amide bonds. The number of halogens is 5. The Balaban J connectivity index is 0.00000288. The minimum absolute atomic E-state index is 0. The first-order chi connectivity index (χ1) is 10.9. The summed E-state index contributed by atoms with van der Waals surface area (Å²) in [6, 6.07) is 4.88. The number of aromatic nitrogens is 2. The number of nitrogens with zero attached hydrogens (tertiary/aromatic N) is 2. The van der Waals surface area contributed by atoms with Gasteiger partial charge in [0.1, 0.15) is 11.5 Å². The van der Waals surface area contributed by atoms with E-state index in [1.165, 1.54) is 12.1 Å². The molecule has 0 fully saturated rings. The van der Waals surface area contributed by atoms with Crippen LogP contribution in [0.2, 0.25) is 0 Å². The number of hydrogen-bond donors (Lipinski definition) is 2. The quantitative estimate of drug-likeness (QED) is 0.631. The van der Waals surface area contributed by atoms with E-state index < -0.39 is 29.2 Å². The van der Waals surface area contributed by atoms with Gasteiger partial charge in [-0.25, -0.2) is 9.07 Å². The van der Waals surface area contributed by atoms with Crippen molar-refractivity contribution in [1.82, 2.24) is 15.1 Å². The number of amides is 1. The predicted octanol–water partition coefficient (Wildman–Crippen LogP) is 2.53. The van der Waals surface area contributed by atoms with Gasteiger partial charge in [-0.15, -0.1) is 12.4 Å². The molecule has 24 heavy (non-hydrogen) atoms. The van der Waals surface area contributed by atoms with Crippen LogP contribution in [-0.4, -0.2) is 28.8 Å². The maximum Gasteiger partial charge on any atom is 0.434 e. The summed E-state index contributed by atoms with van der Waals surface area (Å²) in [5.74, 6) is -1.82. The van der Waals surface area contributed by atoms with Crippen LogP contribution in [-0.2, 0) is 6.18 Å². The van der Waals surface area contributed by atoms with Gasteiger partial charge in [0.25, 0.3) is 5.91 Å². The summed E-state index contributed by atoms with van der Waals surface area (Å²) in [5.41, 5.74) is 2.88. The Labute approximate surface area is 141 Å². The molecule has 1 aromatic carbocycles. The first-order valence-electron chi connectivity index (χ1n) is 6.74. The van der Waals surface area contributed by atoms with Gasteiger partial charge in [0.05, 0.1) is 11.8 Å². The van der Waals surface area contributed by atoms with E-state index >= 15 is 0 Å². The lowest BCUT2D eigenvalue weighted by Gasteiger charge is -2.13. The van der Waals surface area contributed by atoms with Crippen molar-refractivity contribution in [2.75, 3.05) is 13.1 Å². The van der Waals surface area contributed by atoms with Crippen LogP contribution in [0.5, 0.6) is 0 Å². The van der Waals surface area contributed by atoms with Crippen molar-refractivity contribution < 1.29 is 22.4 Å². The molecule has 1 aromatic heterocycles. The summed E-state index contributed by atoms with van der Waals surface area (Å²) >= 11 is 0.